The van der Waals surface area contributed by atoms with Crippen LogP contribution in [0.1, 0.15) is 20.3 Å². The minimum atomic E-state index is 0.171. The summed E-state index contributed by atoms with van der Waals surface area (Å²) in [6.45, 7) is 12.3. The lowest BCUT2D eigenvalue weighted by Gasteiger charge is -2.36. The monoisotopic (exact) mass is 281 g/mol. The van der Waals surface area contributed by atoms with Gasteiger partial charge >= 0.3 is 0 Å². The molecule has 6 heteroatoms. The van der Waals surface area contributed by atoms with Gasteiger partial charge in [0.2, 0.25) is 5.91 Å². The van der Waals surface area contributed by atoms with Gasteiger partial charge in [-0.2, -0.15) is 0 Å². The van der Waals surface area contributed by atoms with Crippen molar-refractivity contribution in [2.75, 3.05) is 58.9 Å². The molecule has 0 aromatic heterocycles. The Morgan fingerprint density at radius 2 is 1.75 bits per heavy atom. The third kappa shape index (κ3) is 4.10. The molecule has 20 heavy (non-hydrogen) atoms. The molecule has 0 unspecified atom stereocenters. The van der Waals surface area contributed by atoms with Crippen LogP contribution in [0, 0.1) is 0 Å². The minimum Gasteiger partial charge on any atom is -0.357 e. The fraction of sp³-hybridized carbons (Fsp3) is 0.857. The van der Waals surface area contributed by atoms with Crippen molar-refractivity contribution in [3.05, 3.63) is 0 Å². The van der Waals surface area contributed by atoms with E-state index in [1.54, 1.807) is 6.92 Å². The molecule has 1 N–H and O–H groups in total. The summed E-state index contributed by atoms with van der Waals surface area (Å²) in [4.78, 5) is 22.7. The first-order chi connectivity index (χ1) is 9.70. The molecule has 0 saturated carbocycles. The van der Waals surface area contributed by atoms with E-state index in [-0.39, 0.29) is 5.91 Å². The number of nitrogens with zero attached hydrogens (tertiary/aromatic N) is 4. The molecule has 6 nitrogen and oxygen atoms in total. The summed E-state index contributed by atoms with van der Waals surface area (Å²) in [5.41, 5.74) is 0. The smallest absolute Gasteiger partial charge is 0.219 e. The van der Waals surface area contributed by atoms with E-state index in [0.717, 1.165) is 51.8 Å². The molecule has 0 radical (unpaired) electrons. The van der Waals surface area contributed by atoms with Gasteiger partial charge < -0.3 is 20.0 Å². The average molecular weight is 281 g/mol. The lowest BCUT2D eigenvalue weighted by atomic mass is 10.2. The summed E-state index contributed by atoms with van der Waals surface area (Å²) in [7, 11) is 0. The molecule has 2 fully saturated rings. The molecule has 2 aliphatic rings. The number of aliphatic imine (C=N–C) groups is 1. The van der Waals surface area contributed by atoms with Gasteiger partial charge in [-0.3, -0.25) is 9.79 Å². The summed E-state index contributed by atoms with van der Waals surface area (Å²) < 4.78 is 0. The van der Waals surface area contributed by atoms with E-state index in [1.807, 2.05) is 4.90 Å². The molecule has 0 aromatic carbocycles. The molecule has 0 atom stereocenters. The standard InChI is InChI=1S/C14H27N5O/c1-3-15-14(16-5-8-17-6-4-7-17)19-11-9-18(10-12-19)13(2)20/h3-12H2,1-2H3,(H,15,16). The van der Waals surface area contributed by atoms with Crippen LogP contribution in [0.5, 0.6) is 0 Å². The summed E-state index contributed by atoms with van der Waals surface area (Å²) >= 11 is 0. The topological polar surface area (TPSA) is 51.2 Å². The Morgan fingerprint density at radius 1 is 1.10 bits per heavy atom. The number of nitrogens with one attached hydrogen (secondary N) is 1. The predicted octanol–water partition coefficient (Wildman–Crippen LogP) is -0.178. The Bertz CT molecular complexity index is 345. The number of rotatable bonds is 4. The lowest BCUT2D eigenvalue weighted by molar-refractivity contribution is -0.130. The zero-order valence-corrected chi connectivity index (χ0v) is 12.8. The number of hydrogen-bond acceptors (Lipinski definition) is 3. The lowest BCUT2D eigenvalue weighted by Crippen LogP contribution is -2.53. The fourth-order valence-corrected chi connectivity index (χ4v) is 2.56. The Morgan fingerprint density at radius 3 is 2.25 bits per heavy atom. The molecular formula is C14H27N5O. The highest BCUT2D eigenvalue weighted by Crippen LogP contribution is 2.05. The number of hydrogen-bond donors (Lipinski definition) is 1. The summed E-state index contributed by atoms with van der Waals surface area (Å²) in [5.74, 6) is 1.17. The Balaban J connectivity index is 1.81. The first-order valence-electron chi connectivity index (χ1n) is 7.72. The first kappa shape index (κ1) is 15.1. The molecule has 2 aliphatic heterocycles. The van der Waals surface area contributed by atoms with Crippen molar-refractivity contribution in [1.82, 2.24) is 20.0 Å². The van der Waals surface area contributed by atoms with Crippen molar-refractivity contribution < 1.29 is 4.79 Å². The predicted molar refractivity (Wildman–Crippen MR) is 80.9 cm³/mol. The second kappa shape index (κ2) is 7.47. The van der Waals surface area contributed by atoms with Crippen LogP contribution in [0.3, 0.4) is 0 Å². The van der Waals surface area contributed by atoms with Gasteiger partial charge in [-0.15, -0.1) is 0 Å². The maximum Gasteiger partial charge on any atom is 0.219 e. The summed E-state index contributed by atoms with van der Waals surface area (Å²) in [5, 5.41) is 3.36. The van der Waals surface area contributed by atoms with Gasteiger partial charge in [-0.05, 0) is 26.4 Å². The van der Waals surface area contributed by atoms with Gasteiger partial charge in [0.15, 0.2) is 5.96 Å². The number of carbonyl (C=O) groups excluding carboxylic acids is 1. The van der Waals surface area contributed by atoms with Crippen molar-refractivity contribution >= 4 is 11.9 Å². The molecule has 2 rings (SSSR count). The van der Waals surface area contributed by atoms with Gasteiger partial charge in [0.05, 0.1) is 6.54 Å². The quantitative estimate of drug-likeness (QED) is 0.574. The Hall–Kier alpha value is -1.30. The van der Waals surface area contributed by atoms with Gasteiger partial charge in [0, 0.05) is 46.2 Å². The van der Waals surface area contributed by atoms with Crippen LogP contribution in [-0.4, -0.2) is 85.5 Å². The van der Waals surface area contributed by atoms with Crippen LogP contribution in [0.2, 0.25) is 0 Å². The maximum atomic E-state index is 11.3. The zero-order valence-electron chi connectivity index (χ0n) is 12.8. The highest BCUT2D eigenvalue weighted by Gasteiger charge is 2.21. The second-order valence-corrected chi connectivity index (χ2v) is 5.42. The Labute approximate surface area is 121 Å². The third-order valence-electron chi connectivity index (χ3n) is 3.99. The van der Waals surface area contributed by atoms with Crippen molar-refractivity contribution in [1.29, 1.82) is 0 Å². The van der Waals surface area contributed by atoms with E-state index >= 15 is 0 Å². The molecule has 0 aliphatic carbocycles. The van der Waals surface area contributed by atoms with Crippen LogP contribution in [0.25, 0.3) is 0 Å². The summed E-state index contributed by atoms with van der Waals surface area (Å²) in [6, 6.07) is 0. The molecule has 2 saturated heterocycles. The number of carbonyl (C=O) groups is 1. The number of piperazine rings is 1. The molecular weight excluding hydrogens is 254 g/mol. The molecule has 0 aromatic rings. The van der Waals surface area contributed by atoms with E-state index < -0.39 is 0 Å². The van der Waals surface area contributed by atoms with Crippen LogP contribution in [-0.2, 0) is 4.79 Å². The van der Waals surface area contributed by atoms with Crippen molar-refractivity contribution in [3.63, 3.8) is 0 Å². The number of likely N-dealkylation sites (tertiary alicyclic amines) is 1. The van der Waals surface area contributed by atoms with Gasteiger partial charge in [0.25, 0.3) is 0 Å². The second-order valence-electron chi connectivity index (χ2n) is 5.42. The highest BCUT2D eigenvalue weighted by molar-refractivity contribution is 5.80. The first-order valence-corrected chi connectivity index (χ1v) is 7.72. The van der Waals surface area contributed by atoms with Crippen LogP contribution >= 0.6 is 0 Å². The fourth-order valence-electron chi connectivity index (χ4n) is 2.56. The van der Waals surface area contributed by atoms with Crippen molar-refractivity contribution in [2.45, 2.75) is 20.3 Å². The molecule has 0 spiro atoms. The van der Waals surface area contributed by atoms with E-state index in [0.29, 0.717) is 0 Å². The van der Waals surface area contributed by atoms with Crippen molar-refractivity contribution in [2.24, 2.45) is 4.99 Å². The van der Waals surface area contributed by atoms with Crippen LogP contribution in [0.15, 0.2) is 4.99 Å². The molecule has 0 bridgehead atoms. The SMILES string of the molecule is CCNC(=NCCN1CCC1)N1CCN(C(C)=O)CC1. The minimum absolute atomic E-state index is 0.171. The number of guanidine groups is 1. The average Bonchev–Trinajstić information content (AvgIpc) is 2.40. The Kier molecular flexibility index (Phi) is 5.64. The normalized spacial score (nSPS) is 20.8. The highest BCUT2D eigenvalue weighted by atomic mass is 16.2. The van der Waals surface area contributed by atoms with Gasteiger partial charge in [-0.25, -0.2) is 0 Å². The van der Waals surface area contributed by atoms with Gasteiger partial charge in [0.1, 0.15) is 0 Å². The zero-order chi connectivity index (χ0) is 14.4. The van der Waals surface area contributed by atoms with Crippen LogP contribution in [0.4, 0.5) is 0 Å². The summed E-state index contributed by atoms with van der Waals surface area (Å²) in [6.07, 6.45) is 1.33. The molecule has 2 heterocycles. The number of amides is 1. The molecule has 114 valence electrons. The van der Waals surface area contributed by atoms with Crippen LogP contribution < -0.4 is 5.32 Å². The van der Waals surface area contributed by atoms with Gasteiger partial charge in [-0.1, -0.05) is 0 Å². The molecule has 1 amide bonds. The van der Waals surface area contributed by atoms with E-state index in [2.05, 4.69) is 22.0 Å². The van der Waals surface area contributed by atoms with E-state index in [1.165, 1.54) is 19.5 Å². The largest absolute Gasteiger partial charge is 0.357 e. The van der Waals surface area contributed by atoms with E-state index in [4.69, 9.17) is 4.99 Å². The third-order valence-corrected chi connectivity index (χ3v) is 3.99. The van der Waals surface area contributed by atoms with Crippen molar-refractivity contribution in [3.8, 4) is 0 Å². The maximum absolute atomic E-state index is 11.3. The van der Waals surface area contributed by atoms with E-state index in [9.17, 15) is 4.79 Å².